The average Bonchev–Trinajstić information content (AvgIpc) is 2.71. The van der Waals surface area contributed by atoms with E-state index < -0.39 is 5.91 Å². The summed E-state index contributed by atoms with van der Waals surface area (Å²) in [5.41, 5.74) is 1.45. The van der Waals surface area contributed by atoms with Gasteiger partial charge in [0, 0.05) is 12.1 Å². The summed E-state index contributed by atoms with van der Waals surface area (Å²) in [4.78, 5) is 24.3. The molecule has 144 valence electrons. The van der Waals surface area contributed by atoms with Crippen LogP contribution in [0.3, 0.4) is 0 Å². The van der Waals surface area contributed by atoms with Gasteiger partial charge in [0.05, 0.1) is 27.9 Å². The van der Waals surface area contributed by atoms with Crippen LogP contribution in [0.5, 0.6) is 17.2 Å². The van der Waals surface area contributed by atoms with Crippen molar-refractivity contribution in [2.75, 3.05) is 34.4 Å². The Morgan fingerprint density at radius 1 is 0.889 bits per heavy atom. The fraction of sp³-hybridized carbons (Fsp3) is 0.300. The molecule has 27 heavy (non-hydrogen) atoms. The smallest absolute Gasteiger partial charge is 0.251 e. The van der Waals surface area contributed by atoms with Crippen molar-refractivity contribution in [3.63, 3.8) is 0 Å². The number of methoxy groups -OCH3 is 3. The third kappa shape index (κ3) is 5.64. The number of hydrogen-bond donors (Lipinski definition) is 2. The molecule has 0 aliphatic carbocycles. The molecule has 0 atom stereocenters. The van der Waals surface area contributed by atoms with Gasteiger partial charge in [-0.25, -0.2) is 0 Å². The number of amides is 2. The van der Waals surface area contributed by atoms with Gasteiger partial charge < -0.3 is 24.8 Å². The molecule has 0 unspecified atom stereocenters. The molecular weight excluding hydrogens is 348 g/mol. The summed E-state index contributed by atoms with van der Waals surface area (Å²) in [6.07, 6.45) is 0.730. The molecule has 0 saturated heterocycles. The number of rotatable bonds is 9. The maximum atomic E-state index is 12.3. The lowest BCUT2D eigenvalue weighted by molar-refractivity contribution is -0.120. The van der Waals surface area contributed by atoms with E-state index in [1.165, 1.54) is 33.5 Å². The van der Waals surface area contributed by atoms with Crippen LogP contribution in [0.1, 0.15) is 15.9 Å². The molecule has 2 aromatic carbocycles. The summed E-state index contributed by atoms with van der Waals surface area (Å²) in [7, 11) is 4.43. The zero-order chi connectivity index (χ0) is 19.6. The normalized spacial score (nSPS) is 10.0. The van der Waals surface area contributed by atoms with Gasteiger partial charge in [-0.05, 0) is 24.1 Å². The quantitative estimate of drug-likeness (QED) is 0.701. The number of nitrogens with one attached hydrogen (secondary N) is 2. The zero-order valence-corrected chi connectivity index (χ0v) is 15.7. The monoisotopic (exact) mass is 372 g/mol. The van der Waals surface area contributed by atoms with E-state index in [1.807, 2.05) is 30.3 Å². The van der Waals surface area contributed by atoms with Crippen molar-refractivity contribution >= 4 is 11.8 Å². The van der Waals surface area contributed by atoms with Gasteiger partial charge in [-0.3, -0.25) is 9.59 Å². The van der Waals surface area contributed by atoms with Gasteiger partial charge in [0.15, 0.2) is 11.5 Å². The van der Waals surface area contributed by atoms with Gasteiger partial charge in [0.25, 0.3) is 5.91 Å². The maximum absolute atomic E-state index is 12.3. The van der Waals surface area contributed by atoms with Crippen LogP contribution < -0.4 is 24.8 Å². The second-order valence-corrected chi connectivity index (χ2v) is 5.68. The number of ether oxygens (including phenoxy) is 3. The minimum Gasteiger partial charge on any atom is -0.493 e. The molecule has 0 aliphatic rings. The molecule has 0 aromatic heterocycles. The average molecular weight is 372 g/mol. The SMILES string of the molecule is COc1cc(C(=O)NCC(=O)NCCc2ccccc2)cc(OC)c1OC. The molecule has 7 nitrogen and oxygen atoms in total. The summed E-state index contributed by atoms with van der Waals surface area (Å²) in [6.45, 7) is 0.382. The highest BCUT2D eigenvalue weighted by Gasteiger charge is 2.17. The second kappa shape index (κ2) is 10.1. The van der Waals surface area contributed by atoms with E-state index in [0.29, 0.717) is 29.4 Å². The van der Waals surface area contributed by atoms with Crippen LogP contribution in [0.15, 0.2) is 42.5 Å². The van der Waals surface area contributed by atoms with Crippen LogP contribution in [0.25, 0.3) is 0 Å². The van der Waals surface area contributed by atoms with Crippen LogP contribution in [0.2, 0.25) is 0 Å². The summed E-state index contributed by atoms with van der Waals surface area (Å²) in [6, 6.07) is 12.9. The Bertz CT molecular complexity index is 752. The fourth-order valence-electron chi connectivity index (χ4n) is 2.53. The predicted molar refractivity (Wildman–Crippen MR) is 102 cm³/mol. The van der Waals surface area contributed by atoms with Gasteiger partial charge in [-0.2, -0.15) is 0 Å². The molecule has 0 aliphatic heterocycles. The molecule has 7 heteroatoms. The Morgan fingerprint density at radius 3 is 2.07 bits per heavy atom. The van der Waals surface area contributed by atoms with Crippen LogP contribution in [0.4, 0.5) is 0 Å². The lowest BCUT2D eigenvalue weighted by atomic mass is 10.1. The van der Waals surface area contributed by atoms with Crippen LogP contribution in [-0.4, -0.2) is 46.2 Å². The first-order valence-electron chi connectivity index (χ1n) is 8.47. The summed E-state index contributed by atoms with van der Waals surface area (Å²) in [5, 5.41) is 5.36. The summed E-state index contributed by atoms with van der Waals surface area (Å²) >= 11 is 0. The Kier molecular flexibility index (Phi) is 7.49. The largest absolute Gasteiger partial charge is 0.493 e. The molecule has 0 heterocycles. The van der Waals surface area contributed by atoms with Crippen LogP contribution in [-0.2, 0) is 11.2 Å². The molecule has 0 radical (unpaired) electrons. The predicted octanol–water partition coefficient (Wildman–Crippen LogP) is 1.80. The third-order valence-electron chi connectivity index (χ3n) is 3.92. The Labute approximate surface area is 158 Å². The second-order valence-electron chi connectivity index (χ2n) is 5.68. The van der Waals surface area contributed by atoms with Crippen LogP contribution in [0, 0.1) is 0 Å². The van der Waals surface area contributed by atoms with E-state index in [9.17, 15) is 9.59 Å². The molecule has 0 spiro atoms. The lowest BCUT2D eigenvalue weighted by Gasteiger charge is -2.14. The van der Waals surface area contributed by atoms with Gasteiger partial charge in [0.1, 0.15) is 0 Å². The van der Waals surface area contributed by atoms with Crippen molar-refractivity contribution in [3.8, 4) is 17.2 Å². The third-order valence-corrected chi connectivity index (χ3v) is 3.92. The number of benzene rings is 2. The van der Waals surface area contributed by atoms with E-state index in [4.69, 9.17) is 14.2 Å². The van der Waals surface area contributed by atoms with E-state index in [0.717, 1.165) is 12.0 Å². The highest BCUT2D eigenvalue weighted by atomic mass is 16.5. The topological polar surface area (TPSA) is 85.9 Å². The van der Waals surface area contributed by atoms with Crippen molar-refractivity contribution < 1.29 is 23.8 Å². The first-order chi connectivity index (χ1) is 13.1. The minimum absolute atomic E-state index is 0.121. The van der Waals surface area contributed by atoms with Gasteiger partial charge in [-0.15, -0.1) is 0 Å². The van der Waals surface area contributed by atoms with E-state index >= 15 is 0 Å². The molecule has 0 saturated carbocycles. The number of carbonyl (C=O) groups excluding carboxylic acids is 2. The Balaban J connectivity index is 1.88. The van der Waals surface area contributed by atoms with Crippen molar-refractivity contribution in [1.29, 1.82) is 0 Å². The van der Waals surface area contributed by atoms with E-state index in [-0.39, 0.29) is 12.5 Å². The fourth-order valence-corrected chi connectivity index (χ4v) is 2.53. The minimum atomic E-state index is -0.410. The zero-order valence-electron chi connectivity index (χ0n) is 15.7. The number of carbonyl (C=O) groups is 2. The summed E-state index contributed by atoms with van der Waals surface area (Å²) in [5.74, 6) is 0.470. The first-order valence-corrected chi connectivity index (χ1v) is 8.47. The van der Waals surface area contributed by atoms with Crippen molar-refractivity contribution in [2.24, 2.45) is 0 Å². The van der Waals surface area contributed by atoms with E-state index in [2.05, 4.69) is 10.6 Å². The first kappa shape index (κ1) is 20.1. The molecular formula is C20H24N2O5. The Morgan fingerprint density at radius 2 is 1.52 bits per heavy atom. The number of hydrogen-bond acceptors (Lipinski definition) is 5. The van der Waals surface area contributed by atoms with Gasteiger partial charge in [0.2, 0.25) is 11.7 Å². The van der Waals surface area contributed by atoms with Crippen molar-refractivity contribution in [1.82, 2.24) is 10.6 Å². The molecule has 2 rings (SSSR count). The van der Waals surface area contributed by atoms with Crippen molar-refractivity contribution in [2.45, 2.75) is 6.42 Å². The van der Waals surface area contributed by atoms with Gasteiger partial charge in [-0.1, -0.05) is 30.3 Å². The lowest BCUT2D eigenvalue weighted by Crippen LogP contribution is -2.37. The Hall–Kier alpha value is -3.22. The van der Waals surface area contributed by atoms with Crippen LogP contribution >= 0.6 is 0 Å². The molecule has 2 amide bonds. The van der Waals surface area contributed by atoms with E-state index in [1.54, 1.807) is 0 Å². The molecule has 0 fully saturated rings. The summed E-state index contributed by atoms with van der Waals surface area (Å²) < 4.78 is 15.7. The highest BCUT2D eigenvalue weighted by Crippen LogP contribution is 2.38. The standard InChI is InChI=1S/C20H24N2O5/c1-25-16-11-15(12-17(26-2)19(16)27-3)20(24)22-13-18(23)21-10-9-14-7-5-4-6-8-14/h4-8,11-12H,9-10,13H2,1-3H3,(H,21,23)(H,22,24). The molecule has 2 N–H and O–H groups in total. The van der Waals surface area contributed by atoms with Crippen molar-refractivity contribution in [3.05, 3.63) is 53.6 Å². The van der Waals surface area contributed by atoms with Gasteiger partial charge >= 0.3 is 0 Å². The maximum Gasteiger partial charge on any atom is 0.251 e. The molecule has 2 aromatic rings. The molecule has 0 bridgehead atoms. The highest BCUT2D eigenvalue weighted by molar-refractivity contribution is 5.97.